The van der Waals surface area contributed by atoms with Crippen LogP contribution >= 0.6 is 22.9 Å². The second-order valence-electron chi connectivity index (χ2n) is 4.17. The maximum absolute atomic E-state index is 13.1. The lowest BCUT2D eigenvalue weighted by Gasteiger charge is -2.10. The van der Waals surface area contributed by atoms with E-state index >= 15 is 0 Å². The van der Waals surface area contributed by atoms with Crippen LogP contribution < -0.4 is 5.32 Å². The van der Waals surface area contributed by atoms with E-state index in [0.29, 0.717) is 14.6 Å². The van der Waals surface area contributed by atoms with E-state index in [-0.39, 0.29) is 17.8 Å². The highest BCUT2D eigenvalue weighted by molar-refractivity contribution is 7.21. The number of hydrogen-bond acceptors (Lipinski definition) is 2. The third-order valence-electron chi connectivity index (χ3n) is 2.79. The van der Waals surface area contributed by atoms with Gasteiger partial charge in [-0.3, -0.25) is 4.79 Å². The van der Waals surface area contributed by atoms with Crippen molar-refractivity contribution in [2.75, 3.05) is 0 Å². The van der Waals surface area contributed by atoms with E-state index in [1.807, 2.05) is 13.8 Å². The first-order valence-electron chi connectivity index (χ1n) is 5.71. The molecule has 1 unspecified atom stereocenters. The van der Waals surface area contributed by atoms with Crippen LogP contribution in [0, 0.1) is 5.82 Å². The van der Waals surface area contributed by atoms with Crippen molar-refractivity contribution >= 4 is 38.9 Å². The minimum atomic E-state index is -0.325. The maximum atomic E-state index is 13.1. The smallest absolute Gasteiger partial charge is 0.263 e. The summed E-state index contributed by atoms with van der Waals surface area (Å²) in [7, 11) is 0. The molecule has 0 aliphatic carbocycles. The van der Waals surface area contributed by atoms with Gasteiger partial charge in [0.25, 0.3) is 5.91 Å². The molecule has 0 saturated heterocycles. The number of carbonyl (C=O) groups excluding carboxylic acids is 1. The molecule has 5 heteroatoms. The highest BCUT2D eigenvalue weighted by atomic mass is 35.5. The third kappa shape index (κ3) is 2.49. The van der Waals surface area contributed by atoms with Crippen molar-refractivity contribution < 1.29 is 9.18 Å². The molecule has 0 aliphatic rings. The van der Waals surface area contributed by atoms with E-state index in [2.05, 4.69) is 5.32 Å². The van der Waals surface area contributed by atoms with Gasteiger partial charge in [-0.05, 0) is 31.5 Å². The summed E-state index contributed by atoms with van der Waals surface area (Å²) in [5, 5.41) is 3.97. The molecule has 2 rings (SSSR count). The first kappa shape index (κ1) is 13.3. The fourth-order valence-electron chi connectivity index (χ4n) is 1.58. The van der Waals surface area contributed by atoms with Crippen LogP contribution in [-0.4, -0.2) is 11.9 Å². The van der Waals surface area contributed by atoms with E-state index in [1.54, 1.807) is 6.07 Å². The summed E-state index contributed by atoms with van der Waals surface area (Å²) in [6, 6.07) is 4.43. The summed E-state index contributed by atoms with van der Waals surface area (Å²) in [5.74, 6) is -0.523. The minimum Gasteiger partial charge on any atom is -0.349 e. The number of halogens is 2. The van der Waals surface area contributed by atoms with Gasteiger partial charge in [-0.25, -0.2) is 4.39 Å². The van der Waals surface area contributed by atoms with Gasteiger partial charge in [-0.2, -0.15) is 0 Å². The Labute approximate surface area is 114 Å². The number of rotatable bonds is 3. The van der Waals surface area contributed by atoms with Gasteiger partial charge in [0, 0.05) is 16.1 Å². The van der Waals surface area contributed by atoms with Crippen LogP contribution in [0.15, 0.2) is 18.2 Å². The van der Waals surface area contributed by atoms with Crippen molar-refractivity contribution in [2.45, 2.75) is 26.3 Å². The summed E-state index contributed by atoms with van der Waals surface area (Å²) in [6.45, 7) is 3.92. The van der Waals surface area contributed by atoms with E-state index in [9.17, 15) is 9.18 Å². The fraction of sp³-hybridized carbons (Fsp3) is 0.308. The first-order valence-corrected chi connectivity index (χ1v) is 6.90. The molecule has 0 saturated carbocycles. The molecular formula is C13H13ClFNOS. The quantitative estimate of drug-likeness (QED) is 0.899. The normalized spacial score (nSPS) is 12.7. The van der Waals surface area contributed by atoms with Crippen molar-refractivity contribution in [3.8, 4) is 0 Å². The molecule has 2 nitrogen and oxygen atoms in total. The van der Waals surface area contributed by atoms with Crippen molar-refractivity contribution in [3.05, 3.63) is 33.9 Å². The van der Waals surface area contributed by atoms with Crippen LogP contribution in [0.3, 0.4) is 0 Å². The Kier molecular flexibility index (Phi) is 3.88. The van der Waals surface area contributed by atoms with Crippen LogP contribution in [0.4, 0.5) is 4.39 Å². The van der Waals surface area contributed by atoms with Gasteiger partial charge < -0.3 is 5.32 Å². The Morgan fingerprint density at radius 3 is 2.94 bits per heavy atom. The summed E-state index contributed by atoms with van der Waals surface area (Å²) in [4.78, 5) is 12.5. The van der Waals surface area contributed by atoms with Crippen LogP contribution in [0.5, 0.6) is 0 Å². The second-order valence-corrected chi connectivity index (χ2v) is 5.60. The number of fused-ring (bicyclic) bond motifs is 1. The molecule has 1 aromatic heterocycles. The van der Waals surface area contributed by atoms with E-state index < -0.39 is 0 Å². The topological polar surface area (TPSA) is 29.1 Å². The van der Waals surface area contributed by atoms with E-state index in [0.717, 1.165) is 11.8 Å². The summed E-state index contributed by atoms with van der Waals surface area (Å²) in [6.07, 6.45) is 0.850. The van der Waals surface area contributed by atoms with Gasteiger partial charge in [0.05, 0.1) is 5.02 Å². The Morgan fingerprint density at radius 1 is 1.56 bits per heavy atom. The Bertz CT molecular complexity index is 596. The first-order chi connectivity index (χ1) is 8.52. The van der Waals surface area contributed by atoms with Crippen LogP contribution in [-0.2, 0) is 0 Å². The molecular weight excluding hydrogens is 273 g/mol. The molecule has 18 heavy (non-hydrogen) atoms. The van der Waals surface area contributed by atoms with Crippen molar-refractivity contribution in [1.29, 1.82) is 0 Å². The number of nitrogens with one attached hydrogen (secondary N) is 1. The Balaban J connectivity index is 2.39. The molecule has 96 valence electrons. The van der Waals surface area contributed by atoms with Crippen molar-refractivity contribution in [2.24, 2.45) is 0 Å². The zero-order valence-corrected chi connectivity index (χ0v) is 11.7. The van der Waals surface area contributed by atoms with E-state index in [1.165, 1.54) is 23.5 Å². The lowest BCUT2D eigenvalue weighted by Crippen LogP contribution is -2.31. The molecule has 1 atom stereocenters. The largest absolute Gasteiger partial charge is 0.349 e. The lowest BCUT2D eigenvalue weighted by molar-refractivity contribution is 0.0943. The Hall–Kier alpha value is -1.13. The van der Waals surface area contributed by atoms with Gasteiger partial charge in [-0.15, -0.1) is 11.3 Å². The molecule has 1 N–H and O–H groups in total. The van der Waals surface area contributed by atoms with Crippen molar-refractivity contribution in [1.82, 2.24) is 5.32 Å². The van der Waals surface area contributed by atoms with Crippen LogP contribution in [0.1, 0.15) is 29.9 Å². The third-order valence-corrected chi connectivity index (χ3v) is 4.44. The predicted molar refractivity (Wildman–Crippen MR) is 74.0 cm³/mol. The number of thiophene rings is 1. The molecule has 1 aromatic carbocycles. The number of benzene rings is 1. The average molecular weight is 286 g/mol. The number of carbonyl (C=O) groups is 1. The van der Waals surface area contributed by atoms with Crippen molar-refractivity contribution in [3.63, 3.8) is 0 Å². The summed E-state index contributed by atoms with van der Waals surface area (Å²) in [5.41, 5.74) is 0. The lowest BCUT2D eigenvalue weighted by atomic mass is 10.2. The number of hydrogen-bond donors (Lipinski definition) is 1. The van der Waals surface area contributed by atoms with Gasteiger partial charge in [0.15, 0.2) is 0 Å². The summed E-state index contributed by atoms with van der Waals surface area (Å²) >= 11 is 7.37. The minimum absolute atomic E-state index is 0.0931. The van der Waals surface area contributed by atoms with E-state index in [4.69, 9.17) is 11.6 Å². The molecule has 0 spiro atoms. The van der Waals surface area contributed by atoms with Gasteiger partial charge in [-0.1, -0.05) is 18.5 Å². The fourth-order valence-corrected chi connectivity index (χ4v) is 3.02. The monoisotopic (exact) mass is 285 g/mol. The molecule has 0 fully saturated rings. The molecule has 1 heterocycles. The standard InChI is InChI=1S/C13H13ClFNOS/c1-3-7(2)16-13(17)12-11(14)9-5-4-8(15)6-10(9)18-12/h4-7H,3H2,1-2H3,(H,16,17). The zero-order valence-electron chi connectivity index (χ0n) is 10.1. The second kappa shape index (κ2) is 5.24. The molecule has 1 amide bonds. The SMILES string of the molecule is CCC(C)NC(=O)c1sc2cc(F)ccc2c1Cl. The molecule has 0 bridgehead atoms. The average Bonchev–Trinajstić information content (AvgIpc) is 2.66. The zero-order chi connectivity index (χ0) is 13.3. The van der Waals surface area contributed by atoms with Gasteiger partial charge in [0.2, 0.25) is 0 Å². The molecule has 2 aromatic rings. The van der Waals surface area contributed by atoms with Crippen LogP contribution in [0.2, 0.25) is 5.02 Å². The summed E-state index contributed by atoms with van der Waals surface area (Å²) < 4.78 is 13.8. The maximum Gasteiger partial charge on any atom is 0.263 e. The molecule has 0 aliphatic heterocycles. The predicted octanol–water partition coefficient (Wildman–Crippen LogP) is 4.22. The van der Waals surface area contributed by atoms with Gasteiger partial charge >= 0.3 is 0 Å². The highest BCUT2D eigenvalue weighted by Gasteiger charge is 2.18. The molecule has 0 radical (unpaired) electrons. The van der Waals surface area contributed by atoms with Gasteiger partial charge in [0.1, 0.15) is 10.7 Å². The highest BCUT2D eigenvalue weighted by Crippen LogP contribution is 2.35. The number of amides is 1. The van der Waals surface area contributed by atoms with Crippen LogP contribution in [0.25, 0.3) is 10.1 Å². The Morgan fingerprint density at radius 2 is 2.28 bits per heavy atom.